The number of rotatable bonds is 8. The summed E-state index contributed by atoms with van der Waals surface area (Å²) in [4.78, 5) is 0. The summed E-state index contributed by atoms with van der Waals surface area (Å²) >= 11 is 0. The van der Waals surface area contributed by atoms with Crippen LogP contribution < -0.4 is 14.8 Å². The quantitative estimate of drug-likeness (QED) is 0.779. The van der Waals surface area contributed by atoms with Gasteiger partial charge in [0.15, 0.2) is 11.5 Å². The molecule has 0 unspecified atom stereocenters. The summed E-state index contributed by atoms with van der Waals surface area (Å²) in [7, 11) is 1.70. The van der Waals surface area contributed by atoms with Crippen molar-refractivity contribution in [2.75, 3.05) is 33.5 Å². The van der Waals surface area contributed by atoms with E-state index in [9.17, 15) is 0 Å². The lowest BCUT2D eigenvalue weighted by Crippen LogP contribution is -2.42. The van der Waals surface area contributed by atoms with Gasteiger partial charge >= 0.3 is 0 Å². The van der Waals surface area contributed by atoms with Crippen molar-refractivity contribution in [1.29, 1.82) is 0 Å². The van der Waals surface area contributed by atoms with Gasteiger partial charge in [0, 0.05) is 37.3 Å². The van der Waals surface area contributed by atoms with Crippen LogP contribution in [0.2, 0.25) is 0 Å². The number of nitrogens with one attached hydrogen (secondary N) is 1. The van der Waals surface area contributed by atoms with E-state index in [2.05, 4.69) is 41.7 Å². The van der Waals surface area contributed by atoms with E-state index in [-0.39, 0.29) is 5.41 Å². The van der Waals surface area contributed by atoms with Gasteiger partial charge in [-0.15, -0.1) is 0 Å². The highest BCUT2D eigenvalue weighted by atomic mass is 16.5. The first-order valence-corrected chi connectivity index (χ1v) is 9.42. The molecule has 4 heteroatoms. The molecule has 1 heterocycles. The highest BCUT2D eigenvalue weighted by Gasteiger charge is 2.34. The van der Waals surface area contributed by atoms with Gasteiger partial charge in [-0.05, 0) is 31.4 Å². The third kappa shape index (κ3) is 4.19. The summed E-state index contributed by atoms with van der Waals surface area (Å²) in [6.07, 6.45) is 2.08. The molecular formula is C22H29NO3. The first-order chi connectivity index (χ1) is 12.8. The van der Waals surface area contributed by atoms with Gasteiger partial charge in [-0.25, -0.2) is 0 Å². The zero-order chi connectivity index (χ0) is 18.2. The highest BCUT2D eigenvalue weighted by molar-refractivity contribution is 5.46. The van der Waals surface area contributed by atoms with Crippen molar-refractivity contribution in [3.8, 4) is 11.5 Å². The van der Waals surface area contributed by atoms with E-state index in [1.54, 1.807) is 7.11 Å². The van der Waals surface area contributed by atoms with Crippen molar-refractivity contribution in [1.82, 2.24) is 5.32 Å². The minimum atomic E-state index is 0.129. The SMILES string of the molecule is CCOc1cccc(CNCC2(c3ccccc3)CCOCC2)c1OC. The molecule has 1 aliphatic heterocycles. The molecule has 0 aromatic heterocycles. The summed E-state index contributed by atoms with van der Waals surface area (Å²) in [5.41, 5.74) is 2.64. The third-order valence-electron chi connectivity index (χ3n) is 5.18. The van der Waals surface area contributed by atoms with Gasteiger partial charge in [0.25, 0.3) is 0 Å². The molecule has 0 aliphatic carbocycles. The van der Waals surface area contributed by atoms with E-state index in [0.29, 0.717) is 6.61 Å². The van der Waals surface area contributed by atoms with Crippen LogP contribution in [-0.2, 0) is 16.7 Å². The van der Waals surface area contributed by atoms with Gasteiger partial charge in [-0.3, -0.25) is 0 Å². The van der Waals surface area contributed by atoms with E-state index in [0.717, 1.165) is 56.2 Å². The molecule has 2 aromatic carbocycles. The summed E-state index contributed by atoms with van der Waals surface area (Å²) in [5, 5.41) is 3.66. The van der Waals surface area contributed by atoms with E-state index >= 15 is 0 Å². The highest BCUT2D eigenvalue weighted by Crippen LogP contribution is 2.35. The smallest absolute Gasteiger partial charge is 0.165 e. The van der Waals surface area contributed by atoms with Crippen LogP contribution in [0.4, 0.5) is 0 Å². The van der Waals surface area contributed by atoms with Gasteiger partial charge in [-0.1, -0.05) is 42.5 Å². The molecule has 140 valence electrons. The first kappa shape index (κ1) is 18.7. The molecule has 2 aromatic rings. The van der Waals surface area contributed by atoms with E-state index in [1.165, 1.54) is 5.56 Å². The van der Waals surface area contributed by atoms with Crippen LogP contribution in [0.5, 0.6) is 11.5 Å². The molecule has 1 aliphatic rings. The molecule has 0 radical (unpaired) electrons. The lowest BCUT2D eigenvalue weighted by molar-refractivity contribution is 0.0497. The topological polar surface area (TPSA) is 39.7 Å². The summed E-state index contributed by atoms with van der Waals surface area (Å²) in [6.45, 7) is 5.92. The van der Waals surface area contributed by atoms with Crippen LogP contribution in [0, 0.1) is 0 Å². The van der Waals surface area contributed by atoms with Crippen molar-refractivity contribution in [3.63, 3.8) is 0 Å². The summed E-state index contributed by atoms with van der Waals surface area (Å²) < 4.78 is 16.9. The van der Waals surface area contributed by atoms with Crippen LogP contribution in [0.15, 0.2) is 48.5 Å². The molecular weight excluding hydrogens is 326 g/mol. The molecule has 0 atom stereocenters. The van der Waals surface area contributed by atoms with Gasteiger partial charge in [0.05, 0.1) is 13.7 Å². The van der Waals surface area contributed by atoms with Crippen LogP contribution in [0.1, 0.15) is 30.9 Å². The van der Waals surface area contributed by atoms with Crippen molar-refractivity contribution >= 4 is 0 Å². The monoisotopic (exact) mass is 355 g/mol. The Morgan fingerprint density at radius 1 is 1.04 bits per heavy atom. The standard InChI is InChI=1S/C22H29NO3/c1-3-26-20-11-7-8-18(21(20)24-2)16-23-17-22(12-14-25-15-13-22)19-9-5-4-6-10-19/h4-11,23H,3,12-17H2,1-2H3. The predicted octanol–water partition coefficient (Wildman–Crippen LogP) is 3.93. The van der Waals surface area contributed by atoms with E-state index in [4.69, 9.17) is 14.2 Å². The minimum absolute atomic E-state index is 0.129. The Balaban J connectivity index is 1.72. The molecule has 0 spiro atoms. The maximum absolute atomic E-state index is 5.68. The Kier molecular flexibility index (Phi) is 6.53. The fraction of sp³-hybridized carbons (Fsp3) is 0.455. The summed E-state index contributed by atoms with van der Waals surface area (Å²) in [5.74, 6) is 1.63. The van der Waals surface area contributed by atoms with Gasteiger partial charge in [0.2, 0.25) is 0 Å². The van der Waals surface area contributed by atoms with Crippen LogP contribution in [-0.4, -0.2) is 33.5 Å². The van der Waals surface area contributed by atoms with Crippen LogP contribution >= 0.6 is 0 Å². The maximum atomic E-state index is 5.68. The summed E-state index contributed by atoms with van der Waals surface area (Å²) in [6, 6.07) is 16.9. The fourth-order valence-corrected chi connectivity index (χ4v) is 3.76. The maximum Gasteiger partial charge on any atom is 0.165 e. The Bertz CT molecular complexity index is 681. The third-order valence-corrected chi connectivity index (χ3v) is 5.18. The van der Waals surface area contributed by atoms with Crippen molar-refractivity contribution < 1.29 is 14.2 Å². The van der Waals surface area contributed by atoms with E-state index in [1.807, 2.05) is 19.1 Å². The van der Waals surface area contributed by atoms with Crippen LogP contribution in [0.3, 0.4) is 0 Å². The molecule has 1 fully saturated rings. The predicted molar refractivity (Wildman–Crippen MR) is 104 cm³/mol. The fourth-order valence-electron chi connectivity index (χ4n) is 3.76. The lowest BCUT2D eigenvalue weighted by atomic mass is 9.74. The average Bonchev–Trinajstić information content (AvgIpc) is 2.70. The van der Waals surface area contributed by atoms with Crippen molar-refractivity contribution in [3.05, 3.63) is 59.7 Å². The van der Waals surface area contributed by atoms with E-state index < -0.39 is 0 Å². The van der Waals surface area contributed by atoms with Gasteiger partial charge in [0.1, 0.15) is 0 Å². The largest absolute Gasteiger partial charge is 0.493 e. The first-order valence-electron chi connectivity index (χ1n) is 9.42. The average molecular weight is 355 g/mol. The molecule has 1 saturated heterocycles. The second kappa shape index (κ2) is 9.06. The minimum Gasteiger partial charge on any atom is -0.493 e. The molecule has 0 bridgehead atoms. The number of hydrogen-bond donors (Lipinski definition) is 1. The molecule has 0 amide bonds. The zero-order valence-electron chi connectivity index (χ0n) is 15.8. The number of benzene rings is 2. The van der Waals surface area contributed by atoms with Gasteiger partial charge in [-0.2, -0.15) is 0 Å². The Morgan fingerprint density at radius 2 is 1.81 bits per heavy atom. The second-order valence-corrected chi connectivity index (χ2v) is 6.74. The molecule has 1 N–H and O–H groups in total. The second-order valence-electron chi connectivity index (χ2n) is 6.74. The number of ether oxygens (including phenoxy) is 3. The lowest BCUT2D eigenvalue weighted by Gasteiger charge is -2.38. The molecule has 3 rings (SSSR count). The Hall–Kier alpha value is -2.04. The normalized spacial score (nSPS) is 16.2. The number of para-hydroxylation sites is 1. The molecule has 0 saturated carbocycles. The van der Waals surface area contributed by atoms with Gasteiger partial charge < -0.3 is 19.5 Å². The Morgan fingerprint density at radius 3 is 2.50 bits per heavy atom. The van der Waals surface area contributed by atoms with Crippen LogP contribution in [0.25, 0.3) is 0 Å². The number of hydrogen-bond acceptors (Lipinski definition) is 4. The van der Waals surface area contributed by atoms with Crippen molar-refractivity contribution in [2.45, 2.75) is 31.7 Å². The zero-order valence-corrected chi connectivity index (χ0v) is 15.8. The number of methoxy groups -OCH3 is 1. The molecule has 4 nitrogen and oxygen atoms in total. The molecule has 26 heavy (non-hydrogen) atoms. The van der Waals surface area contributed by atoms with Crippen molar-refractivity contribution in [2.24, 2.45) is 0 Å². The Labute approximate surface area is 156 Å².